The van der Waals surface area contributed by atoms with Crippen molar-refractivity contribution in [3.63, 3.8) is 0 Å². The zero-order valence-electron chi connectivity index (χ0n) is 10.7. The van der Waals surface area contributed by atoms with E-state index in [2.05, 4.69) is 31.1 Å². The van der Waals surface area contributed by atoms with E-state index in [0.717, 1.165) is 25.1 Å². The summed E-state index contributed by atoms with van der Waals surface area (Å²) in [5, 5.41) is 1.93. The molecule has 0 saturated heterocycles. The Kier molecular flexibility index (Phi) is 5.61. The standard InChI is InChI=1S/C12H21N3OS/c1-4-9(3)15(5-2)8-10-6-7-17-11(10)12(16)14-13/h6-7,9H,4-5,8,13H2,1-3H3,(H,14,16). The summed E-state index contributed by atoms with van der Waals surface area (Å²) >= 11 is 1.44. The number of nitrogen functional groups attached to an aromatic ring is 1. The van der Waals surface area contributed by atoms with E-state index >= 15 is 0 Å². The topological polar surface area (TPSA) is 58.4 Å². The monoisotopic (exact) mass is 255 g/mol. The van der Waals surface area contributed by atoms with Crippen molar-refractivity contribution in [2.24, 2.45) is 5.84 Å². The molecule has 0 aliphatic rings. The van der Waals surface area contributed by atoms with Gasteiger partial charge in [0.2, 0.25) is 0 Å². The van der Waals surface area contributed by atoms with Gasteiger partial charge >= 0.3 is 0 Å². The van der Waals surface area contributed by atoms with Gasteiger partial charge in [-0.05, 0) is 36.9 Å². The molecule has 1 aromatic heterocycles. The summed E-state index contributed by atoms with van der Waals surface area (Å²) in [6, 6.07) is 2.52. The summed E-state index contributed by atoms with van der Waals surface area (Å²) < 4.78 is 0. The van der Waals surface area contributed by atoms with E-state index in [1.165, 1.54) is 11.3 Å². The highest BCUT2D eigenvalue weighted by Crippen LogP contribution is 2.20. The minimum Gasteiger partial charge on any atom is -0.297 e. The minimum absolute atomic E-state index is 0.199. The van der Waals surface area contributed by atoms with Gasteiger partial charge in [0.05, 0.1) is 4.88 Å². The van der Waals surface area contributed by atoms with Gasteiger partial charge in [0.1, 0.15) is 0 Å². The van der Waals surface area contributed by atoms with E-state index < -0.39 is 0 Å². The highest BCUT2D eigenvalue weighted by molar-refractivity contribution is 7.12. The van der Waals surface area contributed by atoms with Crippen LogP contribution in [0.3, 0.4) is 0 Å². The largest absolute Gasteiger partial charge is 0.297 e. The molecule has 1 amide bonds. The van der Waals surface area contributed by atoms with Crippen LogP contribution in [0.2, 0.25) is 0 Å². The number of amides is 1. The maximum absolute atomic E-state index is 11.6. The predicted molar refractivity (Wildman–Crippen MR) is 71.8 cm³/mol. The molecule has 3 N–H and O–H groups in total. The van der Waals surface area contributed by atoms with Crippen LogP contribution in [0.1, 0.15) is 42.4 Å². The molecule has 1 atom stereocenters. The highest BCUT2D eigenvalue weighted by Gasteiger charge is 2.16. The molecule has 1 rings (SSSR count). The number of hydrogen-bond donors (Lipinski definition) is 2. The van der Waals surface area contributed by atoms with Crippen molar-refractivity contribution in [1.82, 2.24) is 10.3 Å². The Morgan fingerprint density at radius 3 is 2.82 bits per heavy atom. The molecule has 0 fully saturated rings. The Balaban J connectivity index is 2.79. The van der Waals surface area contributed by atoms with Crippen LogP contribution in [0, 0.1) is 0 Å². The van der Waals surface area contributed by atoms with E-state index in [0.29, 0.717) is 10.9 Å². The predicted octanol–water partition coefficient (Wildman–Crippen LogP) is 1.97. The molecular formula is C12H21N3OS. The van der Waals surface area contributed by atoms with Gasteiger partial charge in [0.15, 0.2) is 0 Å². The van der Waals surface area contributed by atoms with E-state index in [1.807, 2.05) is 11.4 Å². The molecule has 0 spiro atoms. The Hall–Kier alpha value is -0.910. The molecule has 0 aromatic carbocycles. The molecule has 0 aliphatic heterocycles. The summed E-state index contributed by atoms with van der Waals surface area (Å²) in [6.45, 7) is 8.31. The Morgan fingerprint density at radius 2 is 2.29 bits per heavy atom. The van der Waals surface area contributed by atoms with Crippen LogP contribution in [0.15, 0.2) is 11.4 Å². The van der Waals surface area contributed by atoms with Gasteiger partial charge in [0.25, 0.3) is 5.91 Å². The van der Waals surface area contributed by atoms with Crippen LogP contribution in [0.4, 0.5) is 0 Å². The highest BCUT2D eigenvalue weighted by atomic mass is 32.1. The van der Waals surface area contributed by atoms with E-state index in [9.17, 15) is 4.79 Å². The average Bonchev–Trinajstić information content (AvgIpc) is 2.82. The minimum atomic E-state index is -0.199. The number of rotatable bonds is 6. The molecular weight excluding hydrogens is 234 g/mol. The van der Waals surface area contributed by atoms with Crippen molar-refractivity contribution in [2.45, 2.75) is 39.8 Å². The summed E-state index contributed by atoms with van der Waals surface area (Å²) in [7, 11) is 0. The molecule has 0 radical (unpaired) electrons. The maximum atomic E-state index is 11.6. The van der Waals surface area contributed by atoms with Crippen molar-refractivity contribution in [1.29, 1.82) is 0 Å². The lowest BCUT2D eigenvalue weighted by Crippen LogP contribution is -2.34. The van der Waals surface area contributed by atoms with Gasteiger partial charge in [-0.1, -0.05) is 13.8 Å². The van der Waals surface area contributed by atoms with Crippen molar-refractivity contribution in [3.05, 3.63) is 21.9 Å². The zero-order chi connectivity index (χ0) is 12.8. The van der Waals surface area contributed by atoms with Gasteiger partial charge in [-0.25, -0.2) is 5.84 Å². The fourth-order valence-corrected chi connectivity index (χ4v) is 2.60. The lowest BCUT2D eigenvalue weighted by Gasteiger charge is -2.26. The summed E-state index contributed by atoms with van der Waals surface area (Å²) in [4.78, 5) is 14.6. The number of carbonyl (C=O) groups is 1. The van der Waals surface area contributed by atoms with Crippen LogP contribution in [0.5, 0.6) is 0 Å². The number of thiophene rings is 1. The van der Waals surface area contributed by atoms with Crippen LogP contribution in [-0.2, 0) is 6.54 Å². The van der Waals surface area contributed by atoms with Crippen LogP contribution < -0.4 is 11.3 Å². The second-order valence-corrected chi connectivity index (χ2v) is 4.98. The lowest BCUT2D eigenvalue weighted by molar-refractivity contribution is 0.0955. The molecule has 5 heteroatoms. The first-order chi connectivity index (χ1) is 8.13. The number of nitrogens with one attached hydrogen (secondary N) is 1. The van der Waals surface area contributed by atoms with E-state index in [-0.39, 0.29) is 5.91 Å². The van der Waals surface area contributed by atoms with Gasteiger partial charge in [-0.15, -0.1) is 11.3 Å². The SMILES string of the molecule is CCC(C)N(CC)Cc1ccsc1C(=O)NN. The molecule has 96 valence electrons. The van der Waals surface area contributed by atoms with Crippen molar-refractivity contribution < 1.29 is 4.79 Å². The summed E-state index contributed by atoms with van der Waals surface area (Å²) in [6.07, 6.45) is 1.11. The van der Waals surface area contributed by atoms with Crippen LogP contribution >= 0.6 is 11.3 Å². The van der Waals surface area contributed by atoms with Gasteiger partial charge in [-0.3, -0.25) is 15.1 Å². The molecule has 0 bridgehead atoms. The van der Waals surface area contributed by atoms with Crippen molar-refractivity contribution >= 4 is 17.2 Å². The molecule has 1 aromatic rings. The first-order valence-corrected chi connectivity index (χ1v) is 6.83. The molecule has 4 nitrogen and oxygen atoms in total. The number of nitrogens with two attached hydrogens (primary N) is 1. The second-order valence-electron chi connectivity index (χ2n) is 4.07. The molecule has 17 heavy (non-hydrogen) atoms. The fourth-order valence-electron chi connectivity index (χ4n) is 1.78. The van der Waals surface area contributed by atoms with Gasteiger partial charge in [0, 0.05) is 12.6 Å². The lowest BCUT2D eigenvalue weighted by atomic mass is 10.1. The smallest absolute Gasteiger partial charge is 0.275 e. The average molecular weight is 255 g/mol. The van der Waals surface area contributed by atoms with E-state index in [1.54, 1.807) is 0 Å². The first kappa shape index (κ1) is 14.2. The van der Waals surface area contributed by atoms with Crippen LogP contribution in [0.25, 0.3) is 0 Å². The molecule has 1 unspecified atom stereocenters. The molecule has 1 heterocycles. The van der Waals surface area contributed by atoms with Gasteiger partial charge in [-0.2, -0.15) is 0 Å². The third-order valence-corrected chi connectivity index (χ3v) is 4.03. The zero-order valence-corrected chi connectivity index (χ0v) is 11.5. The quantitative estimate of drug-likeness (QED) is 0.464. The number of carbonyl (C=O) groups excluding carboxylic acids is 1. The normalized spacial score (nSPS) is 12.8. The number of hydrogen-bond acceptors (Lipinski definition) is 4. The Labute approximate surface area is 107 Å². The van der Waals surface area contributed by atoms with Crippen LogP contribution in [-0.4, -0.2) is 23.4 Å². The summed E-state index contributed by atoms with van der Waals surface area (Å²) in [5.74, 6) is 4.98. The molecule has 0 saturated carbocycles. The number of nitrogens with zero attached hydrogens (tertiary/aromatic N) is 1. The Bertz CT molecular complexity index is 364. The third kappa shape index (κ3) is 3.52. The summed E-state index contributed by atoms with van der Waals surface area (Å²) in [5.41, 5.74) is 3.25. The maximum Gasteiger partial charge on any atom is 0.275 e. The Morgan fingerprint density at radius 1 is 1.59 bits per heavy atom. The second kappa shape index (κ2) is 6.74. The first-order valence-electron chi connectivity index (χ1n) is 5.95. The van der Waals surface area contributed by atoms with E-state index in [4.69, 9.17) is 5.84 Å². The fraction of sp³-hybridized carbons (Fsp3) is 0.583. The number of hydrazine groups is 1. The van der Waals surface area contributed by atoms with Gasteiger partial charge < -0.3 is 0 Å². The third-order valence-electron chi connectivity index (χ3n) is 3.08. The van der Waals surface area contributed by atoms with Crippen molar-refractivity contribution in [3.8, 4) is 0 Å². The molecule has 0 aliphatic carbocycles. The van der Waals surface area contributed by atoms with Crippen molar-refractivity contribution in [2.75, 3.05) is 6.54 Å².